The molecule has 112 valence electrons. The second-order valence-corrected chi connectivity index (χ2v) is 4.41. The monoisotopic (exact) mass is 303 g/mol. The molecule has 0 fully saturated rings. The van der Waals surface area contributed by atoms with Gasteiger partial charge in [0.25, 0.3) is 5.91 Å². The molecular weight excluding hydrogens is 292 g/mol. The Hall–Kier alpha value is -2.85. The smallest absolute Gasteiger partial charge is 0.269 e. The minimum atomic E-state index is -1.52. The number of hydrogen-bond acceptors (Lipinski definition) is 4. The molecule has 0 saturated heterocycles. The molecule has 2 rings (SSSR count). The normalized spacial score (nSPS) is 11.5. The largest absolute Gasteiger partial charge is 0.386 e. The van der Waals surface area contributed by atoms with Gasteiger partial charge in [-0.15, -0.1) is 0 Å². The molecule has 5 nitrogen and oxygen atoms in total. The summed E-state index contributed by atoms with van der Waals surface area (Å²) < 4.78 is 27.0. The highest BCUT2D eigenvalue weighted by atomic mass is 19.1. The standard InChI is InChI=1S/C15H11F2N3O2/c16-10-2-1-3-11(17)14(10)13(21)8-20-15(22)12-5-4-9(6-18)7-19-12/h1-5,7,13,21H,8H2,(H,20,22). The molecule has 0 bridgehead atoms. The minimum Gasteiger partial charge on any atom is -0.386 e. The van der Waals surface area contributed by atoms with E-state index in [4.69, 9.17) is 5.26 Å². The lowest BCUT2D eigenvalue weighted by Crippen LogP contribution is -2.29. The zero-order valence-corrected chi connectivity index (χ0v) is 11.3. The molecule has 1 heterocycles. The third kappa shape index (κ3) is 3.42. The molecule has 2 N–H and O–H groups in total. The van der Waals surface area contributed by atoms with Crippen LogP contribution in [-0.2, 0) is 0 Å². The van der Waals surface area contributed by atoms with Crippen LogP contribution in [-0.4, -0.2) is 22.5 Å². The van der Waals surface area contributed by atoms with Crippen molar-refractivity contribution in [1.29, 1.82) is 5.26 Å². The van der Waals surface area contributed by atoms with Gasteiger partial charge >= 0.3 is 0 Å². The van der Waals surface area contributed by atoms with Crippen LogP contribution in [0.2, 0.25) is 0 Å². The fourth-order valence-corrected chi connectivity index (χ4v) is 1.81. The van der Waals surface area contributed by atoms with E-state index in [1.165, 1.54) is 24.4 Å². The Morgan fingerprint density at radius 1 is 1.32 bits per heavy atom. The molecule has 2 aromatic rings. The van der Waals surface area contributed by atoms with Crippen LogP contribution in [0, 0.1) is 23.0 Å². The number of rotatable bonds is 4. The Balaban J connectivity index is 2.03. The first-order valence-corrected chi connectivity index (χ1v) is 6.29. The maximum atomic E-state index is 13.5. The van der Waals surface area contributed by atoms with Gasteiger partial charge in [-0.1, -0.05) is 6.07 Å². The van der Waals surface area contributed by atoms with Crippen LogP contribution in [0.15, 0.2) is 36.5 Å². The summed E-state index contributed by atoms with van der Waals surface area (Å²) in [6.07, 6.45) is -0.300. The van der Waals surface area contributed by atoms with Gasteiger partial charge in [-0.25, -0.2) is 13.8 Å². The van der Waals surface area contributed by atoms with Crippen molar-refractivity contribution >= 4 is 5.91 Å². The molecule has 1 aromatic heterocycles. The highest BCUT2D eigenvalue weighted by Gasteiger charge is 2.19. The van der Waals surface area contributed by atoms with Crippen molar-refractivity contribution in [3.8, 4) is 6.07 Å². The average molecular weight is 303 g/mol. The summed E-state index contributed by atoms with van der Waals surface area (Å²) in [7, 11) is 0. The molecule has 0 aliphatic heterocycles. The first kappa shape index (κ1) is 15.5. The van der Waals surface area contributed by atoms with Crippen LogP contribution in [0.5, 0.6) is 0 Å². The summed E-state index contributed by atoms with van der Waals surface area (Å²) in [6.45, 7) is -0.377. The van der Waals surface area contributed by atoms with Crippen LogP contribution in [0.1, 0.15) is 27.7 Å². The maximum absolute atomic E-state index is 13.5. The topological polar surface area (TPSA) is 86.0 Å². The number of aliphatic hydroxyl groups is 1. The number of nitrogens with one attached hydrogen (secondary N) is 1. The van der Waals surface area contributed by atoms with E-state index in [-0.39, 0.29) is 12.2 Å². The van der Waals surface area contributed by atoms with Crippen molar-refractivity contribution in [2.24, 2.45) is 0 Å². The number of carbonyl (C=O) groups is 1. The zero-order chi connectivity index (χ0) is 16.1. The molecule has 0 aliphatic carbocycles. The Kier molecular flexibility index (Phi) is 4.76. The van der Waals surface area contributed by atoms with E-state index >= 15 is 0 Å². The Bertz CT molecular complexity index is 706. The number of hydrogen-bond donors (Lipinski definition) is 2. The highest BCUT2D eigenvalue weighted by Crippen LogP contribution is 2.19. The zero-order valence-electron chi connectivity index (χ0n) is 11.3. The summed E-state index contributed by atoms with van der Waals surface area (Å²) >= 11 is 0. The highest BCUT2D eigenvalue weighted by molar-refractivity contribution is 5.92. The van der Waals surface area contributed by atoms with Crippen molar-refractivity contribution in [3.05, 3.63) is 65.0 Å². The number of pyridine rings is 1. The van der Waals surface area contributed by atoms with Gasteiger partial charge in [0.05, 0.1) is 11.1 Å². The van der Waals surface area contributed by atoms with Gasteiger partial charge in [0.15, 0.2) is 0 Å². The first-order chi connectivity index (χ1) is 10.5. The molecule has 22 heavy (non-hydrogen) atoms. The molecule has 0 radical (unpaired) electrons. The minimum absolute atomic E-state index is 0.0280. The summed E-state index contributed by atoms with van der Waals surface area (Å²) in [5.74, 6) is -2.41. The van der Waals surface area contributed by atoms with E-state index in [1.54, 1.807) is 0 Å². The van der Waals surface area contributed by atoms with Crippen LogP contribution in [0.25, 0.3) is 0 Å². The molecule has 0 spiro atoms. The number of aromatic nitrogens is 1. The van der Waals surface area contributed by atoms with Gasteiger partial charge in [-0.3, -0.25) is 4.79 Å². The van der Waals surface area contributed by atoms with Crippen LogP contribution in [0.3, 0.4) is 0 Å². The van der Waals surface area contributed by atoms with E-state index in [2.05, 4.69) is 10.3 Å². The van der Waals surface area contributed by atoms with Crippen molar-refractivity contribution in [2.75, 3.05) is 6.54 Å². The van der Waals surface area contributed by atoms with Crippen LogP contribution < -0.4 is 5.32 Å². The number of benzene rings is 1. The number of nitrogens with zero attached hydrogens (tertiary/aromatic N) is 2. The lowest BCUT2D eigenvalue weighted by molar-refractivity contribution is 0.0906. The summed E-state index contributed by atoms with van der Waals surface area (Å²) in [5.41, 5.74) is -0.180. The Morgan fingerprint density at radius 2 is 2.00 bits per heavy atom. The molecule has 0 aliphatic rings. The second kappa shape index (κ2) is 6.74. The predicted molar refractivity (Wildman–Crippen MR) is 72.6 cm³/mol. The van der Waals surface area contributed by atoms with Gasteiger partial charge in [0.1, 0.15) is 29.5 Å². The lowest BCUT2D eigenvalue weighted by atomic mass is 10.1. The first-order valence-electron chi connectivity index (χ1n) is 6.29. The number of halogens is 2. The van der Waals surface area contributed by atoms with E-state index in [0.717, 1.165) is 12.1 Å². The van der Waals surface area contributed by atoms with Crippen LogP contribution >= 0.6 is 0 Å². The maximum Gasteiger partial charge on any atom is 0.269 e. The van der Waals surface area contributed by atoms with Gasteiger partial charge in [-0.2, -0.15) is 5.26 Å². The third-order valence-electron chi connectivity index (χ3n) is 2.91. The molecule has 1 unspecified atom stereocenters. The third-order valence-corrected chi connectivity index (χ3v) is 2.91. The fraction of sp³-hybridized carbons (Fsp3) is 0.133. The number of amides is 1. The molecule has 7 heteroatoms. The second-order valence-electron chi connectivity index (χ2n) is 4.41. The van der Waals surface area contributed by atoms with E-state index in [1.807, 2.05) is 6.07 Å². The summed E-state index contributed by atoms with van der Waals surface area (Å²) in [6, 6.07) is 7.83. The molecule has 1 amide bonds. The summed E-state index contributed by atoms with van der Waals surface area (Å²) in [4.78, 5) is 15.6. The molecule has 0 saturated carbocycles. The van der Waals surface area contributed by atoms with Gasteiger partial charge in [0, 0.05) is 12.7 Å². The lowest BCUT2D eigenvalue weighted by Gasteiger charge is -2.13. The van der Waals surface area contributed by atoms with E-state index in [0.29, 0.717) is 5.56 Å². The van der Waals surface area contributed by atoms with Gasteiger partial charge < -0.3 is 10.4 Å². The fourth-order valence-electron chi connectivity index (χ4n) is 1.81. The number of carbonyl (C=O) groups excluding carboxylic acids is 1. The number of aliphatic hydroxyl groups excluding tert-OH is 1. The number of nitriles is 1. The van der Waals surface area contributed by atoms with Crippen molar-refractivity contribution in [1.82, 2.24) is 10.3 Å². The van der Waals surface area contributed by atoms with Crippen molar-refractivity contribution in [2.45, 2.75) is 6.10 Å². The van der Waals surface area contributed by atoms with Crippen molar-refractivity contribution in [3.63, 3.8) is 0 Å². The van der Waals surface area contributed by atoms with Crippen molar-refractivity contribution < 1.29 is 18.7 Å². The van der Waals surface area contributed by atoms with Gasteiger partial charge in [0.2, 0.25) is 0 Å². The van der Waals surface area contributed by atoms with E-state index in [9.17, 15) is 18.7 Å². The van der Waals surface area contributed by atoms with Gasteiger partial charge in [-0.05, 0) is 24.3 Å². The molecule has 1 atom stereocenters. The molecule has 1 aromatic carbocycles. The quantitative estimate of drug-likeness (QED) is 0.900. The Morgan fingerprint density at radius 3 is 2.55 bits per heavy atom. The SMILES string of the molecule is N#Cc1ccc(C(=O)NCC(O)c2c(F)cccc2F)nc1. The summed E-state index contributed by atoms with van der Waals surface area (Å²) in [5, 5.41) is 20.8. The van der Waals surface area contributed by atoms with Crippen LogP contribution in [0.4, 0.5) is 8.78 Å². The predicted octanol–water partition coefficient (Wildman–Crippen LogP) is 1.69. The molecular formula is C15H11F2N3O2. The average Bonchev–Trinajstić information content (AvgIpc) is 2.52. The Labute approximate surface area is 124 Å². The van der Waals surface area contributed by atoms with E-state index < -0.39 is 29.2 Å².